The van der Waals surface area contributed by atoms with Gasteiger partial charge in [-0.1, -0.05) is 66.7 Å². The fourth-order valence-electron chi connectivity index (χ4n) is 3.19. The third-order valence-electron chi connectivity index (χ3n) is 4.57. The summed E-state index contributed by atoms with van der Waals surface area (Å²) in [6.45, 7) is 2.01. The predicted octanol–water partition coefficient (Wildman–Crippen LogP) is 5.53. The van der Waals surface area contributed by atoms with Crippen LogP contribution in [0.25, 0.3) is 10.8 Å². The van der Waals surface area contributed by atoms with Crippen molar-refractivity contribution in [2.45, 2.75) is 19.7 Å². The summed E-state index contributed by atoms with van der Waals surface area (Å²) in [6, 6.07) is 28.9. The lowest BCUT2D eigenvalue weighted by Gasteiger charge is -2.15. The molecule has 0 radical (unpaired) electrons. The molecule has 28 heavy (non-hydrogen) atoms. The Labute approximate surface area is 171 Å². The van der Waals surface area contributed by atoms with Crippen molar-refractivity contribution in [3.8, 4) is 5.75 Å². The lowest BCUT2D eigenvalue weighted by Crippen LogP contribution is -2.15. The fourth-order valence-corrected chi connectivity index (χ4v) is 3.19. The van der Waals surface area contributed by atoms with Gasteiger partial charge in [-0.3, -0.25) is 4.98 Å². The third-order valence-corrected chi connectivity index (χ3v) is 4.57. The third kappa shape index (κ3) is 4.89. The molecule has 0 saturated heterocycles. The Morgan fingerprint density at radius 2 is 1.54 bits per heavy atom. The molecular formula is C24H23ClN2O. The maximum Gasteiger partial charge on any atom is 0.124 e. The van der Waals surface area contributed by atoms with Crippen molar-refractivity contribution < 1.29 is 4.74 Å². The topological polar surface area (TPSA) is 34.1 Å². The molecular weight excluding hydrogens is 368 g/mol. The van der Waals surface area contributed by atoms with Gasteiger partial charge >= 0.3 is 0 Å². The first-order valence-corrected chi connectivity index (χ1v) is 9.18. The number of aromatic nitrogens is 1. The van der Waals surface area contributed by atoms with Crippen LogP contribution in [0.3, 0.4) is 0 Å². The maximum atomic E-state index is 6.18. The Morgan fingerprint density at radius 1 is 0.750 bits per heavy atom. The summed E-state index contributed by atoms with van der Waals surface area (Å²) >= 11 is 0. The van der Waals surface area contributed by atoms with E-state index in [2.05, 4.69) is 58.8 Å². The number of hydrogen-bond donors (Lipinski definition) is 1. The summed E-state index contributed by atoms with van der Waals surface area (Å²) in [6.07, 6.45) is 1.82. The largest absolute Gasteiger partial charge is 0.489 e. The molecule has 3 aromatic carbocycles. The summed E-state index contributed by atoms with van der Waals surface area (Å²) in [5.74, 6) is 0.922. The molecule has 0 spiro atoms. The highest BCUT2D eigenvalue weighted by molar-refractivity contribution is 5.87. The summed E-state index contributed by atoms with van der Waals surface area (Å²) in [4.78, 5) is 4.38. The number of ether oxygens (including phenoxy) is 1. The van der Waals surface area contributed by atoms with Crippen LogP contribution >= 0.6 is 12.4 Å². The van der Waals surface area contributed by atoms with Crippen LogP contribution in [-0.4, -0.2) is 4.98 Å². The van der Waals surface area contributed by atoms with Crippen molar-refractivity contribution in [3.05, 3.63) is 108 Å². The number of fused-ring (bicyclic) bond motifs is 1. The number of pyridine rings is 1. The molecule has 0 aliphatic rings. The van der Waals surface area contributed by atoms with E-state index < -0.39 is 0 Å². The van der Waals surface area contributed by atoms with Crippen LogP contribution in [0.1, 0.15) is 16.8 Å². The fraction of sp³-hybridized carbons (Fsp3) is 0.125. The molecule has 0 unspecified atom stereocenters. The Hall–Kier alpha value is -2.88. The average molecular weight is 391 g/mol. The molecule has 142 valence electrons. The highest BCUT2D eigenvalue weighted by Gasteiger charge is 2.09. The van der Waals surface area contributed by atoms with Crippen LogP contribution in [0.5, 0.6) is 5.75 Å². The normalized spacial score (nSPS) is 10.4. The number of nitrogens with one attached hydrogen (secondary N) is 1. The Balaban J connectivity index is 0.00000225. The van der Waals surface area contributed by atoms with Gasteiger partial charge in [0.15, 0.2) is 0 Å². The predicted molar refractivity (Wildman–Crippen MR) is 117 cm³/mol. The second-order valence-electron chi connectivity index (χ2n) is 6.46. The van der Waals surface area contributed by atoms with E-state index in [0.29, 0.717) is 6.61 Å². The second kappa shape index (κ2) is 9.88. The van der Waals surface area contributed by atoms with Gasteiger partial charge in [-0.15, -0.1) is 12.4 Å². The van der Waals surface area contributed by atoms with E-state index in [-0.39, 0.29) is 12.4 Å². The molecule has 4 heteroatoms. The van der Waals surface area contributed by atoms with Crippen LogP contribution in [0.2, 0.25) is 0 Å². The van der Waals surface area contributed by atoms with Crippen molar-refractivity contribution in [3.63, 3.8) is 0 Å². The van der Waals surface area contributed by atoms with Gasteiger partial charge in [0.25, 0.3) is 0 Å². The zero-order chi connectivity index (χ0) is 18.3. The molecule has 0 aliphatic carbocycles. The van der Waals surface area contributed by atoms with Gasteiger partial charge in [0.1, 0.15) is 12.4 Å². The molecule has 1 heterocycles. The number of benzene rings is 3. The molecule has 0 saturated carbocycles. The molecule has 0 atom stereocenters. The molecule has 0 aliphatic heterocycles. The molecule has 0 bridgehead atoms. The van der Waals surface area contributed by atoms with Crippen LogP contribution < -0.4 is 10.1 Å². The van der Waals surface area contributed by atoms with E-state index in [1.807, 2.05) is 42.6 Å². The van der Waals surface area contributed by atoms with E-state index in [4.69, 9.17) is 4.74 Å². The van der Waals surface area contributed by atoms with Crippen molar-refractivity contribution in [2.24, 2.45) is 0 Å². The molecule has 4 aromatic rings. The quantitative estimate of drug-likeness (QED) is 0.450. The van der Waals surface area contributed by atoms with Gasteiger partial charge in [-0.2, -0.15) is 0 Å². The van der Waals surface area contributed by atoms with Gasteiger partial charge in [0.2, 0.25) is 0 Å². The Kier molecular flexibility index (Phi) is 7.01. The number of nitrogens with zero attached hydrogens (tertiary/aromatic N) is 1. The SMILES string of the molecule is Cl.c1ccc(COc2ccc3ccccc3c2CNCc2ccccn2)cc1. The van der Waals surface area contributed by atoms with Crippen LogP contribution in [0, 0.1) is 0 Å². The van der Waals surface area contributed by atoms with Gasteiger partial charge in [0.05, 0.1) is 5.69 Å². The standard InChI is InChI=1S/C24H22N2O.ClH/c1-2-8-19(9-3-1)18-27-24-14-13-20-10-4-5-12-22(20)23(24)17-25-16-21-11-6-7-15-26-21;/h1-15,25H,16-18H2;1H. The summed E-state index contributed by atoms with van der Waals surface area (Å²) < 4.78 is 6.18. The van der Waals surface area contributed by atoms with Crippen molar-refractivity contribution in [1.82, 2.24) is 10.3 Å². The molecule has 1 N–H and O–H groups in total. The van der Waals surface area contributed by atoms with E-state index >= 15 is 0 Å². The van der Waals surface area contributed by atoms with Crippen LogP contribution in [0.4, 0.5) is 0 Å². The monoisotopic (exact) mass is 390 g/mol. The van der Waals surface area contributed by atoms with Crippen LogP contribution in [-0.2, 0) is 19.7 Å². The maximum absolute atomic E-state index is 6.18. The lowest BCUT2D eigenvalue weighted by atomic mass is 10.0. The van der Waals surface area contributed by atoms with Gasteiger partial charge in [-0.25, -0.2) is 0 Å². The molecule has 4 rings (SSSR count). The first-order valence-electron chi connectivity index (χ1n) is 9.18. The molecule has 0 amide bonds. The first kappa shape index (κ1) is 19.9. The molecule has 0 fully saturated rings. The van der Waals surface area contributed by atoms with Gasteiger partial charge < -0.3 is 10.1 Å². The van der Waals surface area contributed by atoms with Crippen LogP contribution in [0.15, 0.2) is 91.1 Å². The highest BCUT2D eigenvalue weighted by Crippen LogP contribution is 2.28. The second-order valence-corrected chi connectivity index (χ2v) is 6.46. The minimum absolute atomic E-state index is 0. The van der Waals surface area contributed by atoms with Crippen molar-refractivity contribution in [2.75, 3.05) is 0 Å². The molecule has 1 aromatic heterocycles. The van der Waals surface area contributed by atoms with E-state index in [9.17, 15) is 0 Å². The van der Waals surface area contributed by atoms with Crippen molar-refractivity contribution in [1.29, 1.82) is 0 Å². The zero-order valence-corrected chi connectivity index (χ0v) is 16.4. The Morgan fingerprint density at radius 3 is 2.36 bits per heavy atom. The highest BCUT2D eigenvalue weighted by atomic mass is 35.5. The summed E-state index contributed by atoms with van der Waals surface area (Å²) in [5.41, 5.74) is 3.38. The average Bonchev–Trinajstić information content (AvgIpc) is 2.74. The minimum atomic E-state index is 0. The smallest absolute Gasteiger partial charge is 0.124 e. The van der Waals surface area contributed by atoms with Gasteiger partial charge in [-0.05, 0) is 34.5 Å². The minimum Gasteiger partial charge on any atom is -0.489 e. The zero-order valence-electron chi connectivity index (χ0n) is 15.5. The first-order chi connectivity index (χ1) is 13.4. The van der Waals surface area contributed by atoms with Crippen molar-refractivity contribution >= 4 is 23.2 Å². The summed E-state index contributed by atoms with van der Waals surface area (Å²) in [7, 11) is 0. The van der Waals surface area contributed by atoms with E-state index in [1.165, 1.54) is 16.3 Å². The number of rotatable bonds is 7. The number of hydrogen-bond acceptors (Lipinski definition) is 3. The molecule has 3 nitrogen and oxygen atoms in total. The lowest BCUT2D eigenvalue weighted by molar-refractivity contribution is 0.302. The number of halogens is 1. The van der Waals surface area contributed by atoms with E-state index in [1.54, 1.807) is 0 Å². The van der Waals surface area contributed by atoms with E-state index in [0.717, 1.165) is 30.1 Å². The summed E-state index contributed by atoms with van der Waals surface area (Å²) in [5, 5.41) is 5.95. The van der Waals surface area contributed by atoms with Gasteiger partial charge in [0, 0.05) is 24.8 Å². The Bertz CT molecular complexity index is 1010.